The molecule has 1 aromatic carbocycles. The van der Waals surface area contributed by atoms with E-state index in [0.717, 1.165) is 5.75 Å². The van der Waals surface area contributed by atoms with Crippen LogP contribution in [0.25, 0.3) is 0 Å². The Kier molecular flexibility index (Phi) is 4.07. The maximum atomic E-state index is 11.9. The minimum Gasteiger partial charge on any atom is -0.492 e. The van der Waals surface area contributed by atoms with Crippen molar-refractivity contribution in [3.05, 3.63) is 29.8 Å². The number of rotatable bonds is 4. The molecule has 3 heteroatoms. The van der Waals surface area contributed by atoms with E-state index in [1.54, 1.807) is 24.3 Å². The minimum absolute atomic E-state index is 0.137. The zero-order valence-corrected chi connectivity index (χ0v) is 10.1. The normalized spacial score (nSPS) is 11.2. The van der Waals surface area contributed by atoms with E-state index in [1.165, 1.54) is 0 Å². The molecule has 0 radical (unpaired) electrons. The predicted octanol–water partition coefficient (Wildman–Crippen LogP) is 2.25. The van der Waals surface area contributed by atoms with Gasteiger partial charge in [0.15, 0.2) is 5.78 Å². The summed E-state index contributed by atoms with van der Waals surface area (Å²) in [7, 11) is 0. The number of carbonyl (C=O) groups is 1. The van der Waals surface area contributed by atoms with Gasteiger partial charge in [-0.25, -0.2) is 0 Å². The summed E-state index contributed by atoms with van der Waals surface area (Å²) in [4.78, 5) is 11.9. The van der Waals surface area contributed by atoms with Crippen LogP contribution in [0.4, 0.5) is 0 Å². The maximum Gasteiger partial charge on any atom is 0.168 e. The lowest BCUT2D eigenvalue weighted by Gasteiger charge is -2.16. The Morgan fingerprint density at radius 3 is 2.25 bits per heavy atom. The summed E-state index contributed by atoms with van der Waals surface area (Å²) in [6.07, 6.45) is 0. The average molecular weight is 221 g/mol. The minimum atomic E-state index is -0.348. The van der Waals surface area contributed by atoms with Crippen LogP contribution in [0.15, 0.2) is 24.3 Å². The fourth-order valence-corrected chi connectivity index (χ4v) is 1.31. The van der Waals surface area contributed by atoms with Gasteiger partial charge in [0.25, 0.3) is 0 Å². The first-order valence-electron chi connectivity index (χ1n) is 5.43. The first-order valence-corrected chi connectivity index (χ1v) is 5.43. The Hall–Kier alpha value is -1.35. The number of benzene rings is 1. The summed E-state index contributed by atoms with van der Waals surface area (Å²) < 4.78 is 5.34. The largest absolute Gasteiger partial charge is 0.492 e. The van der Waals surface area contributed by atoms with Crippen molar-refractivity contribution in [2.75, 3.05) is 13.2 Å². The van der Waals surface area contributed by atoms with Crippen LogP contribution in [0.5, 0.6) is 5.75 Å². The third-order valence-electron chi connectivity index (χ3n) is 2.18. The monoisotopic (exact) mass is 221 g/mol. The molecular formula is C13H19NO2. The lowest BCUT2D eigenvalue weighted by Crippen LogP contribution is -2.20. The molecule has 0 aliphatic heterocycles. The maximum absolute atomic E-state index is 11.9. The van der Waals surface area contributed by atoms with Crippen LogP contribution in [0.1, 0.15) is 31.1 Å². The van der Waals surface area contributed by atoms with Crippen LogP contribution in [0, 0.1) is 5.41 Å². The van der Waals surface area contributed by atoms with Crippen molar-refractivity contribution in [3.8, 4) is 5.75 Å². The molecule has 0 heterocycles. The SMILES string of the molecule is CC(C)(C)C(=O)c1ccc(OCCN)cc1. The zero-order valence-electron chi connectivity index (χ0n) is 10.1. The first-order chi connectivity index (χ1) is 7.45. The van der Waals surface area contributed by atoms with Gasteiger partial charge >= 0.3 is 0 Å². The van der Waals surface area contributed by atoms with Gasteiger partial charge in [-0.05, 0) is 24.3 Å². The van der Waals surface area contributed by atoms with Crippen LogP contribution in [-0.4, -0.2) is 18.9 Å². The molecule has 0 aliphatic carbocycles. The topological polar surface area (TPSA) is 52.3 Å². The van der Waals surface area contributed by atoms with E-state index in [0.29, 0.717) is 18.7 Å². The second kappa shape index (κ2) is 5.12. The second-order valence-electron chi connectivity index (χ2n) is 4.74. The van der Waals surface area contributed by atoms with E-state index in [4.69, 9.17) is 10.5 Å². The Balaban J connectivity index is 2.75. The molecule has 16 heavy (non-hydrogen) atoms. The molecular weight excluding hydrogens is 202 g/mol. The Labute approximate surface area is 96.6 Å². The molecule has 3 nitrogen and oxygen atoms in total. The van der Waals surface area contributed by atoms with Gasteiger partial charge < -0.3 is 10.5 Å². The summed E-state index contributed by atoms with van der Waals surface area (Å²) in [5.41, 5.74) is 5.70. The van der Waals surface area contributed by atoms with Crippen LogP contribution >= 0.6 is 0 Å². The van der Waals surface area contributed by atoms with Gasteiger partial charge in [-0.3, -0.25) is 4.79 Å². The molecule has 88 valence electrons. The molecule has 0 amide bonds. The van der Waals surface area contributed by atoms with E-state index in [9.17, 15) is 4.79 Å². The molecule has 1 aromatic rings. The Morgan fingerprint density at radius 2 is 1.81 bits per heavy atom. The van der Waals surface area contributed by atoms with Crippen molar-refractivity contribution in [1.82, 2.24) is 0 Å². The predicted molar refractivity (Wildman–Crippen MR) is 64.8 cm³/mol. The fraction of sp³-hybridized carbons (Fsp3) is 0.462. The Morgan fingerprint density at radius 1 is 1.25 bits per heavy atom. The third-order valence-corrected chi connectivity index (χ3v) is 2.18. The summed E-state index contributed by atoms with van der Waals surface area (Å²) in [6, 6.07) is 7.18. The number of ether oxygens (including phenoxy) is 1. The van der Waals surface area contributed by atoms with Crippen LogP contribution < -0.4 is 10.5 Å². The van der Waals surface area contributed by atoms with Gasteiger partial charge in [0.2, 0.25) is 0 Å². The highest BCUT2D eigenvalue weighted by atomic mass is 16.5. The second-order valence-corrected chi connectivity index (χ2v) is 4.74. The van der Waals surface area contributed by atoms with E-state index in [2.05, 4.69) is 0 Å². The molecule has 0 unspecified atom stereocenters. The van der Waals surface area contributed by atoms with Crippen molar-refractivity contribution in [3.63, 3.8) is 0 Å². The molecule has 1 rings (SSSR count). The van der Waals surface area contributed by atoms with E-state index in [1.807, 2.05) is 20.8 Å². The van der Waals surface area contributed by atoms with Crippen LogP contribution in [0.3, 0.4) is 0 Å². The van der Waals surface area contributed by atoms with Crippen molar-refractivity contribution < 1.29 is 9.53 Å². The van der Waals surface area contributed by atoms with Gasteiger partial charge in [-0.2, -0.15) is 0 Å². The first kappa shape index (κ1) is 12.7. The number of carbonyl (C=O) groups excluding carboxylic acids is 1. The highest BCUT2D eigenvalue weighted by Gasteiger charge is 2.22. The number of Topliss-reactive ketones (excluding diaryl/α,β-unsaturated/α-hetero) is 1. The number of ketones is 1. The molecule has 0 fully saturated rings. The lowest BCUT2D eigenvalue weighted by atomic mass is 9.86. The summed E-state index contributed by atoms with van der Waals surface area (Å²) in [5.74, 6) is 0.883. The molecule has 0 saturated heterocycles. The smallest absolute Gasteiger partial charge is 0.168 e. The standard InChI is InChI=1S/C13H19NO2/c1-13(2,3)12(15)10-4-6-11(7-5-10)16-9-8-14/h4-7H,8-9,14H2,1-3H3. The molecule has 2 N–H and O–H groups in total. The Bertz CT molecular complexity index is 349. The number of hydrogen-bond acceptors (Lipinski definition) is 3. The van der Waals surface area contributed by atoms with Crippen LogP contribution in [-0.2, 0) is 0 Å². The van der Waals surface area contributed by atoms with Gasteiger partial charge in [0, 0.05) is 17.5 Å². The van der Waals surface area contributed by atoms with Gasteiger partial charge in [0.1, 0.15) is 12.4 Å². The average Bonchev–Trinajstić information content (AvgIpc) is 2.25. The summed E-state index contributed by atoms with van der Waals surface area (Å²) in [5, 5.41) is 0. The third kappa shape index (κ3) is 3.35. The number of nitrogens with two attached hydrogens (primary N) is 1. The van der Waals surface area contributed by atoms with Crippen molar-refractivity contribution in [2.45, 2.75) is 20.8 Å². The molecule has 0 saturated carbocycles. The molecule has 0 aromatic heterocycles. The van der Waals surface area contributed by atoms with Gasteiger partial charge in [-0.15, -0.1) is 0 Å². The van der Waals surface area contributed by atoms with Crippen molar-refractivity contribution in [2.24, 2.45) is 11.1 Å². The zero-order chi connectivity index (χ0) is 12.2. The molecule has 0 aliphatic rings. The summed E-state index contributed by atoms with van der Waals surface area (Å²) in [6.45, 7) is 6.71. The number of hydrogen-bond donors (Lipinski definition) is 1. The van der Waals surface area contributed by atoms with Crippen molar-refractivity contribution in [1.29, 1.82) is 0 Å². The molecule has 0 atom stereocenters. The molecule has 0 bridgehead atoms. The van der Waals surface area contributed by atoms with Crippen LogP contribution in [0.2, 0.25) is 0 Å². The van der Waals surface area contributed by atoms with E-state index < -0.39 is 0 Å². The molecule has 0 spiro atoms. The highest BCUT2D eigenvalue weighted by molar-refractivity contribution is 5.99. The van der Waals surface area contributed by atoms with Gasteiger partial charge in [-0.1, -0.05) is 20.8 Å². The van der Waals surface area contributed by atoms with Gasteiger partial charge in [0.05, 0.1) is 0 Å². The summed E-state index contributed by atoms with van der Waals surface area (Å²) >= 11 is 0. The van der Waals surface area contributed by atoms with Crippen molar-refractivity contribution >= 4 is 5.78 Å². The van der Waals surface area contributed by atoms with E-state index in [-0.39, 0.29) is 11.2 Å². The quantitative estimate of drug-likeness (QED) is 0.793. The highest BCUT2D eigenvalue weighted by Crippen LogP contribution is 2.22. The van der Waals surface area contributed by atoms with E-state index >= 15 is 0 Å². The lowest BCUT2D eigenvalue weighted by molar-refractivity contribution is 0.0858. The fourth-order valence-electron chi connectivity index (χ4n) is 1.31.